The summed E-state index contributed by atoms with van der Waals surface area (Å²) in [6.07, 6.45) is 0. The van der Waals surface area contributed by atoms with Crippen molar-refractivity contribution in [1.82, 2.24) is 14.6 Å². The lowest BCUT2D eigenvalue weighted by molar-refractivity contribution is 0.0690. The number of nitrogens with zero attached hydrogens (tertiary/aromatic N) is 2. The van der Waals surface area contributed by atoms with Crippen LogP contribution in [0, 0.1) is 0 Å². The molecular formula is C11H7N3O3. The Bertz CT molecular complexity index is 800. The van der Waals surface area contributed by atoms with E-state index in [0.29, 0.717) is 11.0 Å². The van der Waals surface area contributed by atoms with Crippen molar-refractivity contribution in [3.63, 3.8) is 0 Å². The van der Waals surface area contributed by atoms with Gasteiger partial charge < -0.3 is 10.1 Å². The number of aromatic nitrogens is 3. The Balaban J connectivity index is 2.56. The first-order valence-electron chi connectivity index (χ1n) is 4.91. The zero-order valence-electron chi connectivity index (χ0n) is 8.54. The topological polar surface area (TPSA) is 87.5 Å². The third-order valence-corrected chi connectivity index (χ3v) is 2.57. The van der Waals surface area contributed by atoms with Gasteiger partial charge in [0.05, 0.1) is 11.0 Å². The molecule has 0 aliphatic heterocycles. The average molecular weight is 229 g/mol. The molecule has 0 atom stereocenters. The third kappa shape index (κ3) is 1.31. The highest BCUT2D eigenvalue weighted by Gasteiger charge is 2.12. The zero-order valence-corrected chi connectivity index (χ0v) is 8.54. The maximum Gasteiger partial charge on any atom is 0.356 e. The molecule has 2 aromatic heterocycles. The van der Waals surface area contributed by atoms with E-state index < -0.39 is 11.7 Å². The van der Waals surface area contributed by atoms with Crippen molar-refractivity contribution in [1.29, 1.82) is 0 Å². The monoisotopic (exact) mass is 229 g/mol. The largest absolute Gasteiger partial charge is 0.476 e. The number of carbonyl (C=O) groups is 1. The first kappa shape index (κ1) is 9.59. The van der Waals surface area contributed by atoms with Crippen LogP contribution in [-0.4, -0.2) is 25.7 Å². The molecule has 2 N–H and O–H groups in total. The normalized spacial score (nSPS) is 11.1. The number of rotatable bonds is 1. The van der Waals surface area contributed by atoms with E-state index in [0.717, 1.165) is 9.90 Å². The number of aromatic amines is 1. The summed E-state index contributed by atoms with van der Waals surface area (Å²) in [5, 5.41) is 13.4. The minimum atomic E-state index is -1.16. The van der Waals surface area contributed by atoms with Gasteiger partial charge in [0.2, 0.25) is 0 Å². The Morgan fingerprint density at radius 3 is 2.88 bits per heavy atom. The fraction of sp³-hybridized carbons (Fsp3) is 0. The molecule has 0 aliphatic carbocycles. The zero-order chi connectivity index (χ0) is 12.0. The van der Waals surface area contributed by atoms with Crippen molar-refractivity contribution >= 4 is 22.4 Å². The Morgan fingerprint density at radius 1 is 1.35 bits per heavy atom. The van der Waals surface area contributed by atoms with E-state index in [1.807, 2.05) is 6.07 Å². The summed E-state index contributed by atoms with van der Waals surface area (Å²) < 4.78 is 1.06. The number of hydrogen-bond donors (Lipinski definition) is 2. The van der Waals surface area contributed by atoms with Crippen LogP contribution >= 0.6 is 0 Å². The van der Waals surface area contributed by atoms with Crippen LogP contribution in [0.25, 0.3) is 16.4 Å². The molecule has 3 aromatic rings. The Labute approximate surface area is 94.1 Å². The van der Waals surface area contributed by atoms with Gasteiger partial charge in [-0.3, -0.25) is 0 Å². The highest BCUT2D eigenvalue weighted by Crippen LogP contribution is 2.16. The number of para-hydroxylation sites is 1. The van der Waals surface area contributed by atoms with Crippen LogP contribution in [0.15, 0.2) is 35.1 Å². The molecule has 17 heavy (non-hydrogen) atoms. The molecule has 0 spiro atoms. The van der Waals surface area contributed by atoms with Crippen molar-refractivity contribution in [3.8, 4) is 0 Å². The van der Waals surface area contributed by atoms with Gasteiger partial charge in [-0.15, -0.1) is 0 Å². The molecule has 1 aromatic carbocycles. The molecule has 0 saturated carbocycles. The van der Waals surface area contributed by atoms with Crippen LogP contribution < -0.4 is 5.69 Å². The number of aromatic carboxylic acids is 1. The molecule has 0 fully saturated rings. The smallest absolute Gasteiger partial charge is 0.356 e. The van der Waals surface area contributed by atoms with Crippen LogP contribution in [0.4, 0.5) is 0 Å². The van der Waals surface area contributed by atoms with E-state index in [1.165, 1.54) is 6.07 Å². The van der Waals surface area contributed by atoms with Gasteiger partial charge in [-0.2, -0.15) is 9.61 Å². The number of carboxylic acid groups (broad SMARTS) is 1. The first-order valence-corrected chi connectivity index (χ1v) is 4.91. The number of benzene rings is 1. The second-order valence-electron chi connectivity index (χ2n) is 3.61. The lowest BCUT2D eigenvalue weighted by Crippen LogP contribution is -2.17. The van der Waals surface area contributed by atoms with E-state index in [1.54, 1.807) is 18.2 Å². The SMILES string of the molecule is O=C(O)c1cc2c3ccccc3[nH]c(=O)n2n1. The molecule has 3 rings (SSSR count). The van der Waals surface area contributed by atoms with E-state index >= 15 is 0 Å². The molecule has 0 amide bonds. The highest BCUT2D eigenvalue weighted by atomic mass is 16.4. The summed E-state index contributed by atoms with van der Waals surface area (Å²) in [6.45, 7) is 0. The summed E-state index contributed by atoms with van der Waals surface area (Å²) in [6, 6.07) is 8.55. The van der Waals surface area contributed by atoms with Crippen molar-refractivity contribution < 1.29 is 9.90 Å². The highest BCUT2D eigenvalue weighted by molar-refractivity contribution is 5.96. The summed E-state index contributed by atoms with van der Waals surface area (Å²) in [5.74, 6) is -1.16. The van der Waals surface area contributed by atoms with Crippen LogP contribution in [-0.2, 0) is 0 Å². The predicted molar refractivity (Wildman–Crippen MR) is 60.3 cm³/mol. The van der Waals surface area contributed by atoms with E-state index in [2.05, 4.69) is 10.1 Å². The molecule has 6 heteroatoms. The van der Waals surface area contributed by atoms with Crippen molar-refractivity contribution in [2.75, 3.05) is 0 Å². The van der Waals surface area contributed by atoms with E-state index in [4.69, 9.17) is 5.11 Å². The molecule has 2 heterocycles. The van der Waals surface area contributed by atoms with Crippen molar-refractivity contribution in [2.24, 2.45) is 0 Å². The van der Waals surface area contributed by atoms with Crippen molar-refractivity contribution in [3.05, 3.63) is 46.5 Å². The Morgan fingerprint density at radius 2 is 2.12 bits per heavy atom. The van der Waals surface area contributed by atoms with Gasteiger partial charge in [0.25, 0.3) is 0 Å². The number of H-pyrrole nitrogens is 1. The minimum absolute atomic E-state index is 0.146. The molecule has 0 bridgehead atoms. The molecule has 0 aliphatic rings. The predicted octanol–water partition coefficient (Wildman–Crippen LogP) is 0.874. The summed E-state index contributed by atoms with van der Waals surface area (Å²) >= 11 is 0. The van der Waals surface area contributed by atoms with Gasteiger partial charge in [-0.1, -0.05) is 18.2 Å². The fourth-order valence-corrected chi connectivity index (χ4v) is 1.82. The van der Waals surface area contributed by atoms with Crippen LogP contribution in [0.5, 0.6) is 0 Å². The molecule has 0 radical (unpaired) electrons. The average Bonchev–Trinajstić information content (AvgIpc) is 2.75. The first-order chi connectivity index (χ1) is 8.16. The second kappa shape index (κ2) is 3.18. The molecular weight excluding hydrogens is 222 g/mol. The number of hydrogen-bond acceptors (Lipinski definition) is 3. The molecule has 84 valence electrons. The molecule has 6 nitrogen and oxygen atoms in total. The fourth-order valence-electron chi connectivity index (χ4n) is 1.82. The maximum atomic E-state index is 11.7. The molecule has 0 unspecified atom stereocenters. The summed E-state index contributed by atoms with van der Waals surface area (Å²) in [4.78, 5) is 25.1. The van der Waals surface area contributed by atoms with Gasteiger partial charge in [0, 0.05) is 5.39 Å². The van der Waals surface area contributed by atoms with E-state index in [-0.39, 0.29) is 5.69 Å². The lowest BCUT2D eigenvalue weighted by atomic mass is 10.2. The lowest BCUT2D eigenvalue weighted by Gasteiger charge is -1.98. The third-order valence-electron chi connectivity index (χ3n) is 2.57. The molecule has 0 saturated heterocycles. The van der Waals surface area contributed by atoms with Gasteiger partial charge >= 0.3 is 11.7 Å². The number of fused-ring (bicyclic) bond motifs is 3. The maximum absolute atomic E-state index is 11.7. The number of carboxylic acids is 1. The van der Waals surface area contributed by atoms with Crippen molar-refractivity contribution in [2.45, 2.75) is 0 Å². The van der Waals surface area contributed by atoms with Crippen LogP contribution in [0.1, 0.15) is 10.5 Å². The van der Waals surface area contributed by atoms with Gasteiger partial charge in [0.1, 0.15) is 0 Å². The van der Waals surface area contributed by atoms with E-state index in [9.17, 15) is 9.59 Å². The van der Waals surface area contributed by atoms with Crippen LogP contribution in [0.3, 0.4) is 0 Å². The van der Waals surface area contributed by atoms with Gasteiger partial charge in [-0.25, -0.2) is 9.59 Å². The second-order valence-corrected chi connectivity index (χ2v) is 3.61. The van der Waals surface area contributed by atoms with Crippen LogP contribution in [0.2, 0.25) is 0 Å². The van der Waals surface area contributed by atoms with Gasteiger partial charge in [-0.05, 0) is 12.1 Å². The quantitative estimate of drug-likeness (QED) is 0.648. The minimum Gasteiger partial charge on any atom is -0.476 e. The Kier molecular flexibility index (Phi) is 1.79. The standard InChI is InChI=1S/C11H7N3O3/c15-10(16)8-5-9-6-3-1-2-4-7(6)12-11(17)14(9)13-8/h1-5H,(H,12,17)(H,15,16). The number of nitrogens with one attached hydrogen (secondary N) is 1. The van der Waals surface area contributed by atoms with Gasteiger partial charge in [0.15, 0.2) is 5.69 Å². The Hall–Kier alpha value is -2.63. The summed E-state index contributed by atoms with van der Waals surface area (Å²) in [5.41, 5.74) is 0.543. The summed E-state index contributed by atoms with van der Waals surface area (Å²) in [7, 11) is 0.